The quantitative estimate of drug-likeness (QED) is 0.662. The fraction of sp³-hybridized carbons (Fsp3) is 0.385. The molecule has 5 nitrogen and oxygen atoms in total. The molecule has 2 rings (SSSR count). The van der Waals surface area contributed by atoms with Crippen LogP contribution in [0.1, 0.15) is 36.0 Å². The number of hydrogen-bond acceptors (Lipinski definition) is 2. The Hall–Kier alpha value is -1.46. The van der Waals surface area contributed by atoms with Crippen molar-refractivity contribution in [2.75, 3.05) is 0 Å². The molecule has 0 heterocycles. The van der Waals surface area contributed by atoms with Crippen molar-refractivity contribution < 1.29 is 9.53 Å². The number of carbonyl (C=O) groups excluding carboxylic acids is 1. The second kappa shape index (κ2) is 7.36. The Kier molecular flexibility index (Phi) is 6.10. The van der Waals surface area contributed by atoms with Crippen LogP contribution in [0.4, 0.5) is 0 Å². The standard InChI is InChI=1S/C13H16ClN3O2.ClH/c14-10-7-8(12(18)17-13(15)16)5-6-11(10)19-9-3-1-2-4-9;/h5-7,9H,1-4H2,(H4,15,16,17,18);1H. The van der Waals surface area contributed by atoms with Crippen molar-refractivity contribution in [3.8, 4) is 5.75 Å². The Balaban J connectivity index is 0.00000200. The first-order valence-electron chi connectivity index (χ1n) is 6.16. The maximum Gasteiger partial charge on any atom is 0.280 e. The molecule has 1 aliphatic carbocycles. The average molecular weight is 318 g/mol. The number of nitrogens with zero attached hydrogens (tertiary/aromatic N) is 1. The molecule has 0 aromatic heterocycles. The summed E-state index contributed by atoms with van der Waals surface area (Å²) in [6.45, 7) is 0. The molecule has 0 aliphatic heterocycles. The highest BCUT2D eigenvalue weighted by Crippen LogP contribution is 2.30. The minimum atomic E-state index is -0.519. The predicted octanol–water partition coefficient (Wildman–Crippen LogP) is 2.50. The van der Waals surface area contributed by atoms with E-state index in [0.717, 1.165) is 12.8 Å². The summed E-state index contributed by atoms with van der Waals surface area (Å²) in [6, 6.07) is 4.79. The molecule has 1 aromatic rings. The summed E-state index contributed by atoms with van der Waals surface area (Å²) in [7, 11) is 0. The van der Waals surface area contributed by atoms with E-state index in [1.807, 2.05) is 0 Å². The SMILES string of the molecule is Cl.NC(N)=NC(=O)c1ccc(OC2CCCC2)c(Cl)c1. The van der Waals surface area contributed by atoms with Gasteiger partial charge < -0.3 is 16.2 Å². The van der Waals surface area contributed by atoms with Gasteiger partial charge >= 0.3 is 0 Å². The minimum Gasteiger partial charge on any atom is -0.489 e. The molecule has 0 atom stereocenters. The average Bonchev–Trinajstić information content (AvgIpc) is 2.83. The van der Waals surface area contributed by atoms with Crippen LogP contribution in [0.2, 0.25) is 5.02 Å². The monoisotopic (exact) mass is 317 g/mol. The van der Waals surface area contributed by atoms with Crippen molar-refractivity contribution in [3.05, 3.63) is 28.8 Å². The van der Waals surface area contributed by atoms with Crippen LogP contribution in [0.15, 0.2) is 23.2 Å². The van der Waals surface area contributed by atoms with Crippen LogP contribution >= 0.6 is 24.0 Å². The van der Waals surface area contributed by atoms with Gasteiger partial charge in [0.1, 0.15) is 5.75 Å². The Labute approximate surface area is 128 Å². The van der Waals surface area contributed by atoms with Crippen molar-refractivity contribution in [1.29, 1.82) is 0 Å². The summed E-state index contributed by atoms with van der Waals surface area (Å²) in [5, 5.41) is 0.392. The lowest BCUT2D eigenvalue weighted by Crippen LogP contribution is -2.24. The molecule has 0 radical (unpaired) electrons. The van der Waals surface area contributed by atoms with Gasteiger partial charge in [0.2, 0.25) is 0 Å². The van der Waals surface area contributed by atoms with E-state index in [2.05, 4.69) is 4.99 Å². The van der Waals surface area contributed by atoms with Crippen molar-refractivity contribution in [2.45, 2.75) is 31.8 Å². The van der Waals surface area contributed by atoms with Crippen molar-refractivity contribution >= 4 is 35.9 Å². The zero-order valence-electron chi connectivity index (χ0n) is 10.8. The van der Waals surface area contributed by atoms with E-state index in [1.54, 1.807) is 12.1 Å². The van der Waals surface area contributed by atoms with E-state index in [9.17, 15) is 4.79 Å². The number of guanidine groups is 1. The molecule has 1 saturated carbocycles. The van der Waals surface area contributed by atoms with Crippen LogP contribution in [0.3, 0.4) is 0 Å². The number of hydrogen-bond donors (Lipinski definition) is 2. The largest absolute Gasteiger partial charge is 0.489 e. The Morgan fingerprint density at radius 1 is 1.30 bits per heavy atom. The normalized spacial score (nSPS) is 14.4. The highest BCUT2D eigenvalue weighted by atomic mass is 35.5. The van der Waals surface area contributed by atoms with E-state index in [0.29, 0.717) is 16.3 Å². The number of amides is 1. The molecule has 1 aliphatic rings. The summed E-state index contributed by atoms with van der Waals surface area (Å²) in [5.41, 5.74) is 10.6. The number of ether oxygens (including phenoxy) is 1. The zero-order valence-corrected chi connectivity index (χ0v) is 12.4. The molecule has 0 bridgehead atoms. The zero-order chi connectivity index (χ0) is 13.8. The van der Waals surface area contributed by atoms with Crippen molar-refractivity contribution in [2.24, 2.45) is 16.5 Å². The predicted molar refractivity (Wildman–Crippen MR) is 81.7 cm³/mol. The first-order chi connectivity index (χ1) is 9.06. The Bertz CT molecular complexity index is 510. The van der Waals surface area contributed by atoms with Gasteiger partial charge in [-0.3, -0.25) is 4.79 Å². The number of carbonyl (C=O) groups is 1. The molecule has 20 heavy (non-hydrogen) atoms. The van der Waals surface area contributed by atoms with Crippen molar-refractivity contribution in [3.63, 3.8) is 0 Å². The molecule has 0 spiro atoms. The molecule has 4 N–H and O–H groups in total. The minimum absolute atomic E-state index is 0. The third-order valence-corrected chi connectivity index (χ3v) is 3.30. The maximum absolute atomic E-state index is 11.6. The van der Waals surface area contributed by atoms with Gasteiger partial charge in [0.25, 0.3) is 5.91 Å². The topological polar surface area (TPSA) is 90.7 Å². The van der Waals surface area contributed by atoms with E-state index < -0.39 is 5.91 Å². The summed E-state index contributed by atoms with van der Waals surface area (Å²) in [5.74, 6) is -0.198. The third-order valence-electron chi connectivity index (χ3n) is 3.01. The van der Waals surface area contributed by atoms with Crippen LogP contribution < -0.4 is 16.2 Å². The van der Waals surface area contributed by atoms with E-state index in [4.69, 9.17) is 27.8 Å². The fourth-order valence-corrected chi connectivity index (χ4v) is 2.32. The molecule has 7 heteroatoms. The molecular weight excluding hydrogens is 301 g/mol. The number of nitrogens with two attached hydrogens (primary N) is 2. The molecule has 1 fully saturated rings. The van der Waals surface area contributed by atoms with Crippen molar-refractivity contribution in [1.82, 2.24) is 0 Å². The van der Waals surface area contributed by atoms with Gasteiger partial charge in [-0.15, -0.1) is 12.4 Å². The number of aliphatic imine (C=N–C) groups is 1. The lowest BCUT2D eigenvalue weighted by molar-refractivity contribution is 0.100. The summed E-state index contributed by atoms with van der Waals surface area (Å²) in [6.07, 6.45) is 4.68. The number of benzene rings is 1. The lowest BCUT2D eigenvalue weighted by Gasteiger charge is -2.14. The number of halogens is 2. The molecule has 1 amide bonds. The summed E-state index contributed by atoms with van der Waals surface area (Å²) in [4.78, 5) is 15.1. The van der Waals surface area contributed by atoms with Gasteiger partial charge in [-0.05, 0) is 43.9 Å². The Morgan fingerprint density at radius 3 is 2.50 bits per heavy atom. The lowest BCUT2D eigenvalue weighted by atomic mass is 10.2. The fourth-order valence-electron chi connectivity index (χ4n) is 2.10. The van der Waals surface area contributed by atoms with Crippen LogP contribution in [0, 0.1) is 0 Å². The van der Waals surface area contributed by atoms with E-state index in [-0.39, 0.29) is 24.5 Å². The molecule has 0 saturated heterocycles. The van der Waals surface area contributed by atoms with Crippen LogP contribution in [0.5, 0.6) is 5.75 Å². The van der Waals surface area contributed by atoms with Crippen LogP contribution in [0.25, 0.3) is 0 Å². The van der Waals surface area contributed by atoms with E-state index >= 15 is 0 Å². The van der Waals surface area contributed by atoms with Gasteiger partial charge in [0, 0.05) is 5.56 Å². The van der Waals surface area contributed by atoms with Gasteiger partial charge in [-0.25, -0.2) is 0 Å². The summed E-state index contributed by atoms with van der Waals surface area (Å²) < 4.78 is 5.79. The third kappa shape index (κ3) is 4.28. The van der Waals surface area contributed by atoms with Gasteiger partial charge in [-0.1, -0.05) is 11.6 Å². The van der Waals surface area contributed by atoms with Crippen LogP contribution in [-0.4, -0.2) is 18.0 Å². The molecule has 0 unspecified atom stereocenters. The smallest absolute Gasteiger partial charge is 0.280 e. The second-order valence-corrected chi connectivity index (χ2v) is 4.92. The first kappa shape index (κ1) is 16.6. The molecule has 110 valence electrons. The maximum atomic E-state index is 11.6. The molecule has 1 aromatic carbocycles. The summed E-state index contributed by atoms with van der Waals surface area (Å²) >= 11 is 6.10. The van der Waals surface area contributed by atoms with Gasteiger partial charge in [0.05, 0.1) is 11.1 Å². The molecular formula is C13H17Cl2N3O2. The first-order valence-corrected chi connectivity index (χ1v) is 6.54. The van der Waals surface area contributed by atoms with Gasteiger partial charge in [-0.2, -0.15) is 4.99 Å². The van der Waals surface area contributed by atoms with E-state index in [1.165, 1.54) is 18.9 Å². The highest BCUT2D eigenvalue weighted by Gasteiger charge is 2.18. The number of rotatable bonds is 3. The van der Waals surface area contributed by atoms with Crippen LogP contribution in [-0.2, 0) is 0 Å². The second-order valence-electron chi connectivity index (χ2n) is 4.51. The highest BCUT2D eigenvalue weighted by molar-refractivity contribution is 6.32. The Morgan fingerprint density at radius 2 is 1.95 bits per heavy atom. The van der Waals surface area contributed by atoms with Gasteiger partial charge in [0.15, 0.2) is 5.96 Å².